The monoisotopic (exact) mass is 423 g/mol. The van der Waals surface area contributed by atoms with Crippen LogP contribution in [0.25, 0.3) is 0 Å². The van der Waals surface area contributed by atoms with Crippen LogP contribution in [0.2, 0.25) is 0 Å². The fourth-order valence-electron chi connectivity index (χ4n) is 4.24. The third-order valence-corrected chi connectivity index (χ3v) is 6.24. The fraction of sp³-hybridized carbons (Fsp3) is 0.963. The molecule has 0 aliphatic rings. The van der Waals surface area contributed by atoms with Crippen molar-refractivity contribution in [3.63, 3.8) is 0 Å². The number of hydrogen-bond acceptors (Lipinski definition) is 3. The maximum atomic E-state index is 9.95. The Morgan fingerprint density at radius 3 is 0.867 bits per heavy atom. The van der Waals surface area contributed by atoms with Crippen LogP contribution in [0.3, 0.4) is 0 Å². The number of aliphatic hydroxyl groups is 1. The Balaban J connectivity index is 2.99. The number of rotatable bonds is 26. The molecule has 0 heterocycles. The van der Waals surface area contributed by atoms with Gasteiger partial charge in [0, 0.05) is 6.61 Å². The lowest BCUT2D eigenvalue weighted by Crippen LogP contribution is -1.85. The largest absolute Gasteiger partial charge is 0.396 e. The molecule has 178 valence electrons. The first-order valence-corrected chi connectivity index (χ1v) is 13.6. The first-order chi connectivity index (χ1) is 14.9. The molecule has 3 nitrogen and oxygen atoms in total. The molecule has 0 aromatic carbocycles. The summed E-state index contributed by atoms with van der Waals surface area (Å²) in [4.78, 5) is 13.5. The molecule has 0 aliphatic carbocycles. The van der Waals surface area contributed by atoms with E-state index in [9.17, 15) is 4.79 Å². The molecule has 0 spiro atoms. The van der Waals surface area contributed by atoms with Crippen LogP contribution >= 0.6 is 0 Å². The van der Waals surface area contributed by atoms with Gasteiger partial charge in [-0.05, 0) is 12.8 Å². The predicted molar refractivity (Wildman–Crippen MR) is 131 cm³/mol. The maximum absolute atomic E-state index is 9.95. The zero-order chi connectivity index (χ0) is 21.8. The summed E-state index contributed by atoms with van der Waals surface area (Å²) in [7, 11) is 0. The molecule has 3 heteroatoms. The molecule has 0 amide bonds. The summed E-state index contributed by atoms with van der Waals surface area (Å²) in [6, 6.07) is 0. The zero-order valence-electron chi connectivity index (χ0n) is 20.2. The van der Waals surface area contributed by atoms with E-state index in [4.69, 9.17) is 5.11 Å². The Bertz CT molecular complexity index is 353. The van der Waals surface area contributed by atoms with Crippen LogP contribution < -0.4 is 0 Å². The number of nitrogens with zero attached hydrogens (tertiary/aromatic N) is 1. The van der Waals surface area contributed by atoms with Crippen LogP contribution in [-0.4, -0.2) is 24.3 Å². The van der Waals surface area contributed by atoms with Crippen molar-refractivity contribution in [2.75, 3.05) is 13.2 Å². The highest BCUT2D eigenvalue weighted by atomic mass is 16.2. The van der Waals surface area contributed by atoms with E-state index in [1.54, 1.807) is 6.08 Å². The second-order valence-electron chi connectivity index (χ2n) is 9.18. The molecule has 0 aromatic rings. The number of hydrogen-bond donors (Lipinski definition) is 1. The summed E-state index contributed by atoms with van der Waals surface area (Å²) in [5, 5.41) is 8.75. The van der Waals surface area contributed by atoms with Crippen LogP contribution in [0.15, 0.2) is 4.99 Å². The van der Waals surface area contributed by atoms with Gasteiger partial charge in [-0.1, -0.05) is 141 Å². The number of unbranched alkanes of at least 4 members (excludes halogenated alkanes) is 23. The molecule has 0 saturated heterocycles. The van der Waals surface area contributed by atoms with Crippen LogP contribution in [0, 0.1) is 0 Å². The van der Waals surface area contributed by atoms with E-state index in [-0.39, 0.29) is 0 Å². The van der Waals surface area contributed by atoms with Gasteiger partial charge in [-0.15, -0.1) is 0 Å². The van der Waals surface area contributed by atoms with Crippen molar-refractivity contribution in [2.24, 2.45) is 4.99 Å². The fourth-order valence-corrected chi connectivity index (χ4v) is 4.24. The van der Waals surface area contributed by atoms with Gasteiger partial charge in [-0.2, -0.15) is 0 Å². The molecule has 1 N–H and O–H groups in total. The van der Waals surface area contributed by atoms with Crippen molar-refractivity contribution in [1.29, 1.82) is 0 Å². The third kappa shape index (κ3) is 27.3. The topological polar surface area (TPSA) is 49.7 Å². The normalized spacial score (nSPS) is 11.0. The minimum Gasteiger partial charge on any atom is -0.396 e. The lowest BCUT2D eigenvalue weighted by atomic mass is 10.0. The second kappa shape index (κ2) is 28.3. The quantitative estimate of drug-likeness (QED) is 0.0859. The summed E-state index contributed by atoms with van der Waals surface area (Å²) < 4.78 is 0. The lowest BCUT2D eigenvalue weighted by molar-refractivity contribution is 0.282. The first kappa shape index (κ1) is 29.3. The molecule has 0 aliphatic heterocycles. The van der Waals surface area contributed by atoms with Gasteiger partial charge in [0.15, 0.2) is 0 Å². The van der Waals surface area contributed by atoms with Crippen LogP contribution in [0.1, 0.15) is 154 Å². The minimum absolute atomic E-state index is 0.365. The molecule has 0 rings (SSSR count). The molecule has 0 bridgehead atoms. The van der Waals surface area contributed by atoms with Crippen LogP contribution in [-0.2, 0) is 4.79 Å². The van der Waals surface area contributed by atoms with E-state index in [0.717, 1.165) is 12.8 Å². The third-order valence-electron chi connectivity index (χ3n) is 6.24. The standard InChI is InChI=1S/C27H53NO2/c29-26-24-22-20-18-16-14-12-10-8-6-4-2-1-3-5-7-9-11-13-15-17-19-21-23-25-28-27-30/h29H,1-26H2. The van der Waals surface area contributed by atoms with Gasteiger partial charge in [0.25, 0.3) is 0 Å². The highest BCUT2D eigenvalue weighted by Crippen LogP contribution is 2.15. The molecular formula is C27H53NO2. The Morgan fingerprint density at radius 2 is 0.633 bits per heavy atom. The summed E-state index contributed by atoms with van der Waals surface area (Å²) in [5.74, 6) is 0. The van der Waals surface area contributed by atoms with E-state index in [1.807, 2.05) is 0 Å². The van der Waals surface area contributed by atoms with E-state index >= 15 is 0 Å². The molecule has 0 aromatic heterocycles. The van der Waals surface area contributed by atoms with E-state index < -0.39 is 0 Å². The van der Waals surface area contributed by atoms with Gasteiger partial charge in [0.05, 0.1) is 6.54 Å². The van der Waals surface area contributed by atoms with Gasteiger partial charge in [-0.25, -0.2) is 9.79 Å². The van der Waals surface area contributed by atoms with Gasteiger partial charge < -0.3 is 5.11 Å². The molecule has 30 heavy (non-hydrogen) atoms. The number of aliphatic imine (C=N–C) groups is 1. The average molecular weight is 424 g/mol. The molecule has 0 saturated carbocycles. The van der Waals surface area contributed by atoms with Crippen molar-refractivity contribution < 1.29 is 9.90 Å². The molecule has 0 radical (unpaired) electrons. The van der Waals surface area contributed by atoms with Crippen LogP contribution in [0.4, 0.5) is 0 Å². The second-order valence-corrected chi connectivity index (χ2v) is 9.18. The average Bonchev–Trinajstić information content (AvgIpc) is 2.76. The van der Waals surface area contributed by atoms with Crippen molar-refractivity contribution in [1.82, 2.24) is 0 Å². The van der Waals surface area contributed by atoms with Crippen molar-refractivity contribution in [2.45, 2.75) is 154 Å². The van der Waals surface area contributed by atoms with Gasteiger partial charge in [-0.3, -0.25) is 0 Å². The zero-order valence-corrected chi connectivity index (χ0v) is 20.2. The highest BCUT2D eigenvalue weighted by molar-refractivity contribution is 5.32. The van der Waals surface area contributed by atoms with Crippen molar-refractivity contribution in [3.05, 3.63) is 0 Å². The van der Waals surface area contributed by atoms with E-state index in [1.165, 1.54) is 141 Å². The summed E-state index contributed by atoms with van der Waals surface area (Å²) >= 11 is 0. The van der Waals surface area contributed by atoms with E-state index in [2.05, 4.69) is 4.99 Å². The minimum atomic E-state index is 0.365. The Labute approximate surface area is 188 Å². The van der Waals surface area contributed by atoms with Crippen LogP contribution in [0.5, 0.6) is 0 Å². The summed E-state index contributed by atoms with van der Waals surface area (Å²) in [6.45, 7) is 1.03. The van der Waals surface area contributed by atoms with Gasteiger partial charge in [0.1, 0.15) is 0 Å². The van der Waals surface area contributed by atoms with Crippen molar-refractivity contribution >= 4 is 6.08 Å². The smallest absolute Gasteiger partial charge is 0.234 e. The maximum Gasteiger partial charge on any atom is 0.234 e. The van der Waals surface area contributed by atoms with Gasteiger partial charge in [0.2, 0.25) is 6.08 Å². The summed E-state index contributed by atoms with van der Waals surface area (Å²) in [6.07, 6.45) is 34.2. The number of aliphatic hydroxyl groups excluding tert-OH is 1. The van der Waals surface area contributed by atoms with Gasteiger partial charge >= 0.3 is 0 Å². The predicted octanol–water partition coefficient (Wildman–Crippen LogP) is 8.68. The highest BCUT2D eigenvalue weighted by Gasteiger charge is 1.96. The molecule has 0 unspecified atom stereocenters. The first-order valence-electron chi connectivity index (χ1n) is 13.6. The lowest BCUT2D eigenvalue weighted by Gasteiger charge is -2.04. The molecule has 0 fully saturated rings. The van der Waals surface area contributed by atoms with E-state index in [0.29, 0.717) is 13.2 Å². The Morgan fingerprint density at radius 1 is 0.400 bits per heavy atom. The number of carbonyl (C=O) groups excluding carboxylic acids is 1. The SMILES string of the molecule is O=C=NCCCCCCCCCCCCCCCCCCCCCCCCCCO. The van der Waals surface area contributed by atoms with Crippen molar-refractivity contribution in [3.8, 4) is 0 Å². The molecular weight excluding hydrogens is 370 g/mol. The Hall–Kier alpha value is -0.660. The Kier molecular flexibility index (Phi) is 27.7. The summed E-state index contributed by atoms with van der Waals surface area (Å²) in [5.41, 5.74) is 0. The molecule has 0 atom stereocenters. The number of isocyanates is 1.